The van der Waals surface area contributed by atoms with Crippen molar-refractivity contribution >= 4 is 40.5 Å². The first-order chi connectivity index (χ1) is 16.6. The second-order valence-electron chi connectivity index (χ2n) is 8.70. The number of thioether (sulfide) groups is 1. The van der Waals surface area contributed by atoms with Gasteiger partial charge < -0.3 is 14.8 Å². The Balaban J connectivity index is 1.36. The zero-order valence-corrected chi connectivity index (χ0v) is 19.9. The summed E-state index contributed by atoms with van der Waals surface area (Å²) in [5, 5.41) is 3.63. The Morgan fingerprint density at radius 3 is 2.68 bits per heavy atom. The molecule has 2 amide bonds. The molecule has 7 nitrogen and oxygen atoms in total. The van der Waals surface area contributed by atoms with Crippen LogP contribution in [0.4, 0.5) is 5.69 Å². The molecule has 0 aromatic heterocycles. The van der Waals surface area contributed by atoms with Crippen molar-refractivity contribution in [2.75, 3.05) is 17.4 Å². The van der Waals surface area contributed by atoms with Gasteiger partial charge in [-0.15, -0.1) is 0 Å². The number of amidine groups is 1. The van der Waals surface area contributed by atoms with E-state index in [1.165, 1.54) is 18.2 Å². The van der Waals surface area contributed by atoms with Crippen LogP contribution in [0.15, 0.2) is 53.2 Å². The predicted molar refractivity (Wildman–Crippen MR) is 134 cm³/mol. The van der Waals surface area contributed by atoms with Crippen molar-refractivity contribution in [2.24, 2.45) is 4.99 Å². The van der Waals surface area contributed by atoms with E-state index in [4.69, 9.17) is 9.47 Å². The molecule has 0 bridgehead atoms. The van der Waals surface area contributed by atoms with Gasteiger partial charge in [-0.2, -0.15) is 0 Å². The molecule has 34 heavy (non-hydrogen) atoms. The molecule has 1 aliphatic carbocycles. The van der Waals surface area contributed by atoms with Crippen molar-refractivity contribution in [3.63, 3.8) is 0 Å². The van der Waals surface area contributed by atoms with E-state index in [0.29, 0.717) is 22.4 Å². The van der Waals surface area contributed by atoms with Gasteiger partial charge in [0.25, 0.3) is 5.91 Å². The maximum Gasteiger partial charge on any atom is 0.283 e. The number of hydrogen-bond acceptors (Lipinski definition) is 6. The quantitative estimate of drug-likeness (QED) is 0.634. The Morgan fingerprint density at radius 2 is 1.88 bits per heavy atom. The number of carbonyl (C=O) groups is 2. The number of hydrogen-bond donors (Lipinski definition) is 1. The normalized spacial score (nSPS) is 19.0. The van der Waals surface area contributed by atoms with E-state index in [9.17, 15) is 9.59 Å². The Kier molecular flexibility index (Phi) is 6.58. The Labute approximate surface area is 203 Å². The molecule has 1 N–H and O–H groups in total. The predicted octanol–water partition coefficient (Wildman–Crippen LogP) is 4.65. The second kappa shape index (κ2) is 9.93. The fourth-order valence-corrected chi connectivity index (χ4v) is 5.15. The van der Waals surface area contributed by atoms with Crippen molar-refractivity contribution in [3.05, 3.63) is 59.3 Å². The monoisotopic (exact) mass is 477 g/mol. The van der Waals surface area contributed by atoms with Gasteiger partial charge in [-0.1, -0.05) is 54.8 Å². The molecule has 0 spiro atoms. The molecular weight excluding hydrogens is 450 g/mol. The molecule has 5 rings (SSSR count). The van der Waals surface area contributed by atoms with Crippen LogP contribution in [0.25, 0.3) is 6.08 Å². The van der Waals surface area contributed by atoms with Gasteiger partial charge in [0, 0.05) is 6.04 Å². The summed E-state index contributed by atoms with van der Waals surface area (Å²) in [5.41, 5.74) is 2.93. The van der Waals surface area contributed by atoms with E-state index in [2.05, 4.69) is 10.3 Å². The van der Waals surface area contributed by atoms with Gasteiger partial charge in [0.1, 0.15) is 5.70 Å². The highest BCUT2D eigenvalue weighted by Crippen LogP contribution is 2.34. The summed E-state index contributed by atoms with van der Waals surface area (Å²) in [6, 6.07) is 13.5. The number of aryl methyl sites for hydroxylation is 1. The average Bonchev–Trinajstić information content (AvgIpc) is 3.43. The van der Waals surface area contributed by atoms with Crippen LogP contribution >= 0.6 is 11.8 Å². The maximum absolute atomic E-state index is 13.4. The first kappa shape index (κ1) is 22.5. The third-order valence-electron chi connectivity index (χ3n) is 6.12. The third kappa shape index (κ3) is 4.97. The van der Waals surface area contributed by atoms with Gasteiger partial charge in [0.05, 0.1) is 11.4 Å². The molecule has 2 aromatic carbocycles. The van der Waals surface area contributed by atoms with E-state index >= 15 is 0 Å². The Morgan fingerprint density at radius 1 is 1.12 bits per heavy atom. The van der Waals surface area contributed by atoms with E-state index in [-0.39, 0.29) is 30.4 Å². The molecule has 2 aromatic rings. The lowest BCUT2D eigenvalue weighted by molar-refractivity contribution is -0.119. The number of carbonyl (C=O) groups excluding carboxylic acids is 2. The maximum atomic E-state index is 13.4. The molecule has 176 valence electrons. The van der Waals surface area contributed by atoms with Gasteiger partial charge in [0.15, 0.2) is 16.7 Å². The van der Waals surface area contributed by atoms with E-state index in [1.54, 1.807) is 11.0 Å². The van der Waals surface area contributed by atoms with Crippen LogP contribution in [-0.4, -0.2) is 35.6 Å². The summed E-state index contributed by atoms with van der Waals surface area (Å²) in [4.78, 5) is 32.2. The minimum Gasteiger partial charge on any atom is -0.454 e. The zero-order chi connectivity index (χ0) is 23.5. The van der Waals surface area contributed by atoms with Crippen LogP contribution in [0, 0.1) is 6.92 Å². The molecule has 0 atom stereocenters. The van der Waals surface area contributed by atoms with Crippen molar-refractivity contribution in [1.29, 1.82) is 0 Å². The third-order valence-corrected chi connectivity index (χ3v) is 7.06. The lowest BCUT2D eigenvalue weighted by Gasteiger charge is -2.23. The van der Waals surface area contributed by atoms with Gasteiger partial charge in [-0.3, -0.25) is 14.5 Å². The number of benzene rings is 2. The fraction of sp³-hybridized carbons (Fsp3) is 0.346. The first-order valence-corrected chi connectivity index (χ1v) is 12.6. The van der Waals surface area contributed by atoms with Gasteiger partial charge in [-0.05, 0) is 55.7 Å². The van der Waals surface area contributed by atoms with Crippen LogP contribution in [0.3, 0.4) is 0 Å². The molecule has 0 unspecified atom stereocenters. The van der Waals surface area contributed by atoms with Gasteiger partial charge in [-0.25, -0.2) is 4.99 Å². The standard InChI is InChI=1S/C26H27N3O4S/c1-17-7-10-20(11-8-17)29-25(31)21(13-18-9-12-22-23(14-18)33-16-32-22)28-26(29)34-15-24(30)27-19-5-3-2-4-6-19/h7-14,19H,2-6,15-16H2,1H3,(H,27,30)/b21-13+. The van der Waals surface area contributed by atoms with E-state index in [1.807, 2.05) is 49.4 Å². The lowest BCUT2D eigenvalue weighted by Crippen LogP contribution is -2.38. The van der Waals surface area contributed by atoms with Crippen molar-refractivity contribution < 1.29 is 19.1 Å². The smallest absolute Gasteiger partial charge is 0.283 e. The summed E-state index contributed by atoms with van der Waals surface area (Å²) in [5.74, 6) is 1.29. The fourth-order valence-electron chi connectivity index (χ4n) is 4.32. The average molecular weight is 478 g/mol. The SMILES string of the molecule is Cc1ccc(N2C(=O)/C(=C\c3ccc4c(c3)OCO4)N=C2SCC(=O)NC2CCCCC2)cc1. The Hall–Kier alpha value is -3.26. The van der Waals surface area contributed by atoms with Crippen molar-refractivity contribution in [3.8, 4) is 11.5 Å². The van der Waals surface area contributed by atoms with E-state index < -0.39 is 0 Å². The van der Waals surface area contributed by atoms with Crippen LogP contribution in [0.5, 0.6) is 11.5 Å². The summed E-state index contributed by atoms with van der Waals surface area (Å²) in [6.07, 6.45) is 7.37. The molecule has 0 saturated heterocycles. The molecule has 8 heteroatoms. The Bertz CT molecular complexity index is 1150. The first-order valence-electron chi connectivity index (χ1n) is 11.6. The van der Waals surface area contributed by atoms with Crippen LogP contribution in [0.1, 0.15) is 43.2 Å². The zero-order valence-electron chi connectivity index (χ0n) is 19.1. The number of rotatable bonds is 5. The summed E-state index contributed by atoms with van der Waals surface area (Å²) >= 11 is 1.28. The number of nitrogens with zero attached hydrogens (tertiary/aromatic N) is 2. The minimum absolute atomic E-state index is 0.0240. The summed E-state index contributed by atoms with van der Waals surface area (Å²) < 4.78 is 10.8. The highest BCUT2D eigenvalue weighted by molar-refractivity contribution is 8.14. The minimum atomic E-state index is -0.225. The molecule has 1 saturated carbocycles. The van der Waals surface area contributed by atoms with Gasteiger partial charge >= 0.3 is 0 Å². The largest absolute Gasteiger partial charge is 0.454 e. The number of ether oxygens (including phenoxy) is 2. The van der Waals surface area contributed by atoms with E-state index in [0.717, 1.165) is 42.5 Å². The molecule has 0 radical (unpaired) electrons. The second-order valence-corrected chi connectivity index (χ2v) is 9.65. The van der Waals surface area contributed by atoms with Crippen LogP contribution in [0.2, 0.25) is 0 Å². The number of aliphatic imine (C=N–C) groups is 1. The number of fused-ring (bicyclic) bond motifs is 1. The molecule has 2 heterocycles. The topological polar surface area (TPSA) is 80.2 Å². The van der Waals surface area contributed by atoms with Crippen LogP contribution in [-0.2, 0) is 9.59 Å². The molecule has 2 aliphatic heterocycles. The summed E-state index contributed by atoms with van der Waals surface area (Å²) in [7, 11) is 0. The number of nitrogens with one attached hydrogen (secondary N) is 1. The lowest BCUT2D eigenvalue weighted by atomic mass is 9.95. The highest BCUT2D eigenvalue weighted by atomic mass is 32.2. The van der Waals surface area contributed by atoms with Crippen LogP contribution < -0.4 is 19.7 Å². The molecule has 3 aliphatic rings. The number of anilines is 1. The molecule has 1 fully saturated rings. The summed E-state index contributed by atoms with van der Waals surface area (Å²) in [6.45, 7) is 2.19. The highest BCUT2D eigenvalue weighted by Gasteiger charge is 2.32. The number of amides is 2. The molecular formula is C26H27N3O4S. The van der Waals surface area contributed by atoms with Crippen molar-refractivity contribution in [1.82, 2.24) is 5.32 Å². The van der Waals surface area contributed by atoms with Crippen molar-refractivity contribution in [2.45, 2.75) is 45.1 Å². The van der Waals surface area contributed by atoms with Gasteiger partial charge in [0.2, 0.25) is 12.7 Å².